The molecule has 1 saturated heterocycles. The van der Waals surface area contributed by atoms with Crippen LogP contribution in [-0.2, 0) is 10.0 Å². The SMILES string of the molecule is Cc1ccc2nc(C3CCN(S(=O)(=O)c4ccc5c(c4)OCO5)CC3)[nH]c2c1. The second-order valence-electron chi connectivity index (χ2n) is 7.34. The van der Waals surface area contributed by atoms with E-state index in [-0.39, 0.29) is 17.6 Å². The van der Waals surface area contributed by atoms with Gasteiger partial charge in [0.2, 0.25) is 16.8 Å². The lowest BCUT2D eigenvalue weighted by molar-refractivity contribution is 0.174. The predicted octanol–water partition coefficient (Wildman–Crippen LogP) is 3.17. The summed E-state index contributed by atoms with van der Waals surface area (Å²) in [4.78, 5) is 8.36. The summed E-state index contributed by atoms with van der Waals surface area (Å²) in [7, 11) is -3.55. The lowest BCUT2D eigenvalue weighted by Gasteiger charge is -2.30. The van der Waals surface area contributed by atoms with Crippen LogP contribution in [0.5, 0.6) is 11.5 Å². The normalized spacial score (nSPS) is 18.0. The van der Waals surface area contributed by atoms with Gasteiger partial charge in [0.1, 0.15) is 5.82 Å². The van der Waals surface area contributed by atoms with Crippen LogP contribution in [0.3, 0.4) is 0 Å². The third-order valence-corrected chi connectivity index (χ3v) is 7.37. The van der Waals surface area contributed by atoms with E-state index in [0.29, 0.717) is 24.6 Å². The summed E-state index contributed by atoms with van der Waals surface area (Å²) in [6, 6.07) is 10.9. The molecule has 1 fully saturated rings. The van der Waals surface area contributed by atoms with Crippen molar-refractivity contribution in [3.8, 4) is 11.5 Å². The zero-order chi connectivity index (χ0) is 19.3. The van der Waals surface area contributed by atoms with Gasteiger partial charge in [-0.25, -0.2) is 13.4 Å². The third kappa shape index (κ3) is 2.93. The Balaban J connectivity index is 1.33. The molecule has 2 aliphatic rings. The van der Waals surface area contributed by atoms with Gasteiger partial charge in [-0.3, -0.25) is 0 Å². The van der Waals surface area contributed by atoms with Gasteiger partial charge in [0.25, 0.3) is 0 Å². The molecule has 7 nitrogen and oxygen atoms in total. The molecule has 3 heterocycles. The minimum absolute atomic E-state index is 0.126. The number of H-pyrrole nitrogens is 1. The Kier molecular flexibility index (Phi) is 4.06. The van der Waals surface area contributed by atoms with E-state index >= 15 is 0 Å². The van der Waals surface area contributed by atoms with Crippen molar-refractivity contribution in [2.24, 2.45) is 0 Å². The maximum absolute atomic E-state index is 13.0. The van der Waals surface area contributed by atoms with Gasteiger partial charge in [0.05, 0.1) is 15.9 Å². The molecule has 3 aromatic rings. The smallest absolute Gasteiger partial charge is 0.243 e. The van der Waals surface area contributed by atoms with E-state index in [1.54, 1.807) is 22.5 Å². The van der Waals surface area contributed by atoms with Gasteiger partial charge in [-0.2, -0.15) is 4.31 Å². The van der Waals surface area contributed by atoms with Crippen molar-refractivity contribution in [1.82, 2.24) is 14.3 Å². The zero-order valence-corrected chi connectivity index (χ0v) is 16.3. The van der Waals surface area contributed by atoms with Crippen LogP contribution in [0.2, 0.25) is 0 Å². The summed E-state index contributed by atoms with van der Waals surface area (Å²) in [6.07, 6.45) is 1.48. The number of rotatable bonds is 3. The quantitative estimate of drug-likeness (QED) is 0.731. The number of nitrogens with one attached hydrogen (secondary N) is 1. The van der Waals surface area contributed by atoms with Crippen LogP contribution in [0.25, 0.3) is 11.0 Å². The van der Waals surface area contributed by atoms with Crippen molar-refractivity contribution >= 4 is 21.1 Å². The molecule has 8 heteroatoms. The molecule has 5 rings (SSSR count). The maximum Gasteiger partial charge on any atom is 0.243 e. The summed E-state index contributed by atoms with van der Waals surface area (Å²) >= 11 is 0. The van der Waals surface area contributed by atoms with Crippen molar-refractivity contribution in [1.29, 1.82) is 0 Å². The highest BCUT2D eigenvalue weighted by Crippen LogP contribution is 2.36. The number of nitrogens with zero attached hydrogens (tertiary/aromatic N) is 2. The average Bonchev–Trinajstić information content (AvgIpc) is 3.33. The molecule has 0 amide bonds. The van der Waals surface area contributed by atoms with Crippen molar-refractivity contribution in [2.45, 2.75) is 30.6 Å². The number of aromatic amines is 1. The van der Waals surface area contributed by atoms with Gasteiger partial charge in [0, 0.05) is 25.1 Å². The van der Waals surface area contributed by atoms with Crippen LogP contribution in [0.15, 0.2) is 41.3 Å². The largest absolute Gasteiger partial charge is 0.454 e. The first-order valence-electron chi connectivity index (χ1n) is 9.37. The first-order chi connectivity index (χ1) is 13.5. The third-order valence-electron chi connectivity index (χ3n) is 5.48. The molecule has 28 heavy (non-hydrogen) atoms. The number of aromatic nitrogens is 2. The standard InChI is InChI=1S/C20H21N3O4S/c1-13-2-4-16-17(10-13)22-20(21-16)14-6-8-23(9-7-14)28(24,25)15-3-5-18-19(11-15)27-12-26-18/h2-5,10-11,14H,6-9,12H2,1H3,(H,21,22). The first-order valence-corrected chi connectivity index (χ1v) is 10.8. The fraction of sp³-hybridized carbons (Fsp3) is 0.350. The number of ether oxygens (including phenoxy) is 2. The molecule has 0 aliphatic carbocycles. The Morgan fingerprint density at radius 2 is 1.86 bits per heavy atom. The van der Waals surface area contributed by atoms with E-state index in [2.05, 4.69) is 18.0 Å². The second kappa shape index (κ2) is 6.49. The highest BCUT2D eigenvalue weighted by Gasteiger charge is 2.32. The van der Waals surface area contributed by atoms with E-state index in [4.69, 9.17) is 14.5 Å². The molecule has 0 radical (unpaired) electrons. The average molecular weight is 399 g/mol. The highest BCUT2D eigenvalue weighted by molar-refractivity contribution is 7.89. The molecule has 146 valence electrons. The van der Waals surface area contributed by atoms with Crippen LogP contribution < -0.4 is 9.47 Å². The van der Waals surface area contributed by atoms with E-state index in [0.717, 1.165) is 29.7 Å². The number of hydrogen-bond donors (Lipinski definition) is 1. The fourth-order valence-electron chi connectivity index (χ4n) is 3.89. The van der Waals surface area contributed by atoms with Crippen LogP contribution in [0.1, 0.15) is 30.1 Å². The maximum atomic E-state index is 13.0. The lowest BCUT2D eigenvalue weighted by atomic mass is 9.97. The van der Waals surface area contributed by atoms with Gasteiger partial charge in [0.15, 0.2) is 11.5 Å². The van der Waals surface area contributed by atoms with Crippen LogP contribution >= 0.6 is 0 Å². The lowest BCUT2D eigenvalue weighted by Crippen LogP contribution is -2.38. The summed E-state index contributed by atoms with van der Waals surface area (Å²) in [5.74, 6) is 2.24. The second-order valence-corrected chi connectivity index (χ2v) is 9.27. The molecular formula is C20H21N3O4S. The molecule has 1 N–H and O–H groups in total. The number of hydrogen-bond acceptors (Lipinski definition) is 5. The number of sulfonamides is 1. The first kappa shape index (κ1) is 17.5. The Bertz CT molecular complexity index is 1150. The summed E-state index contributed by atoms with van der Waals surface area (Å²) in [6.45, 7) is 3.12. The zero-order valence-electron chi connectivity index (χ0n) is 15.5. The summed E-state index contributed by atoms with van der Waals surface area (Å²) in [5.41, 5.74) is 3.17. The van der Waals surface area contributed by atoms with E-state index in [1.807, 2.05) is 12.1 Å². The Morgan fingerprint density at radius 3 is 2.68 bits per heavy atom. The molecule has 0 bridgehead atoms. The van der Waals surface area contributed by atoms with Gasteiger partial charge in [-0.15, -0.1) is 0 Å². The van der Waals surface area contributed by atoms with Crippen molar-refractivity contribution in [3.63, 3.8) is 0 Å². The Labute approximate surface area is 163 Å². The summed E-state index contributed by atoms with van der Waals surface area (Å²) in [5, 5.41) is 0. The molecule has 0 unspecified atom stereocenters. The minimum Gasteiger partial charge on any atom is -0.454 e. The molecule has 0 atom stereocenters. The highest BCUT2D eigenvalue weighted by atomic mass is 32.2. The van der Waals surface area contributed by atoms with Crippen LogP contribution in [0, 0.1) is 6.92 Å². The summed E-state index contributed by atoms with van der Waals surface area (Å²) < 4.78 is 38.2. The minimum atomic E-state index is -3.55. The van der Waals surface area contributed by atoms with Gasteiger partial charge in [-0.05, 0) is 49.6 Å². The number of imidazole rings is 1. The molecule has 1 aromatic heterocycles. The Hall–Kier alpha value is -2.58. The van der Waals surface area contributed by atoms with Crippen molar-refractivity contribution < 1.29 is 17.9 Å². The van der Waals surface area contributed by atoms with Crippen molar-refractivity contribution in [3.05, 3.63) is 47.8 Å². The number of benzene rings is 2. The monoisotopic (exact) mass is 399 g/mol. The van der Waals surface area contributed by atoms with Gasteiger partial charge < -0.3 is 14.5 Å². The van der Waals surface area contributed by atoms with Gasteiger partial charge in [-0.1, -0.05) is 6.07 Å². The Morgan fingerprint density at radius 1 is 1.07 bits per heavy atom. The predicted molar refractivity (Wildman–Crippen MR) is 104 cm³/mol. The van der Waals surface area contributed by atoms with Crippen LogP contribution in [0.4, 0.5) is 0 Å². The number of fused-ring (bicyclic) bond motifs is 2. The van der Waals surface area contributed by atoms with E-state index in [9.17, 15) is 8.42 Å². The molecular weight excluding hydrogens is 378 g/mol. The molecule has 0 spiro atoms. The molecule has 2 aliphatic heterocycles. The van der Waals surface area contributed by atoms with E-state index in [1.165, 1.54) is 5.56 Å². The van der Waals surface area contributed by atoms with Crippen molar-refractivity contribution in [2.75, 3.05) is 19.9 Å². The topological polar surface area (TPSA) is 84.5 Å². The van der Waals surface area contributed by atoms with Crippen LogP contribution in [-0.4, -0.2) is 42.6 Å². The molecule has 2 aromatic carbocycles. The number of aryl methyl sites for hydroxylation is 1. The molecule has 0 saturated carbocycles. The number of piperidine rings is 1. The van der Waals surface area contributed by atoms with E-state index < -0.39 is 10.0 Å². The van der Waals surface area contributed by atoms with Gasteiger partial charge >= 0.3 is 0 Å². The fourth-order valence-corrected chi connectivity index (χ4v) is 5.38.